The number of allylic oxidation sites excluding steroid dienone is 2. The Balaban J connectivity index is 2.60. The molecule has 0 radical (unpaired) electrons. The van der Waals surface area contributed by atoms with Crippen LogP contribution in [0.25, 0.3) is 0 Å². The van der Waals surface area contributed by atoms with E-state index >= 15 is 0 Å². The van der Waals surface area contributed by atoms with Crippen molar-refractivity contribution in [2.75, 3.05) is 11.9 Å². The second-order valence-electron chi connectivity index (χ2n) is 4.70. The van der Waals surface area contributed by atoms with Crippen LogP contribution < -0.4 is 4.90 Å². The smallest absolute Gasteiger partial charge is 0.0447 e. The number of hydrogen-bond acceptors (Lipinski definition) is 1. The lowest BCUT2D eigenvalue weighted by Crippen LogP contribution is -2.22. The minimum Gasteiger partial charge on any atom is -0.347 e. The number of hydrogen-bond donors (Lipinski definition) is 0. The van der Waals surface area contributed by atoms with Gasteiger partial charge in [-0.3, -0.25) is 0 Å². The van der Waals surface area contributed by atoms with E-state index in [0.29, 0.717) is 0 Å². The van der Waals surface area contributed by atoms with Crippen molar-refractivity contribution in [1.29, 1.82) is 0 Å². The number of anilines is 1. The fourth-order valence-electron chi connectivity index (χ4n) is 2.57. The number of nitrogens with zero attached hydrogens (tertiary/aromatic N) is 1. The van der Waals surface area contributed by atoms with Gasteiger partial charge in [-0.1, -0.05) is 45.0 Å². The van der Waals surface area contributed by atoms with Gasteiger partial charge in [0.05, 0.1) is 0 Å². The van der Waals surface area contributed by atoms with Gasteiger partial charge in [0.2, 0.25) is 0 Å². The highest BCUT2D eigenvalue weighted by Gasteiger charge is 2.37. The maximum atomic E-state index is 2.33. The number of benzene rings is 1. The molecule has 0 amide bonds. The van der Waals surface area contributed by atoms with Crippen LogP contribution in [-0.4, -0.2) is 7.05 Å². The molecule has 1 aliphatic heterocycles. The summed E-state index contributed by atoms with van der Waals surface area (Å²) in [6.45, 7) is 6.80. The van der Waals surface area contributed by atoms with Gasteiger partial charge in [-0.2, -0.15) is 0 Å². The molecule has 1 nitrogen and oxygen atoms in total. The number of fused-ring (bicyclic) bond motifs is 1. The standard InChI is InChI=1S/C14H19N/c1-5-8-13-14(2,3)11-9-6-7-10-12(11)15(13)4/h6-10H,5H2,1-4H3. The summed E-state index contributed by atoms with van der Waals surface area (Å²) >= 11 is 0. The molecule has 1 heterocycles. The van der Waals surface area contributed by atoms with Gasteiger partial charge in [-0.15, -0.1) is 0 Å². The Morgan fingerprint density at radius 3 is 2.53 bits per heavy atom. The number of para-hydroxylation sites is 1. The predicted molar refractivity (Wildman–Crippen MR) is 66.2 cm³/mol. The lowest BCUT2D eigenvalue weighted by molar-refractivity contribution is 0.636. The minimum atomic E-state index is 0.154. The van der Waals surface area contributed by atoms with E-state index in [1.165, 1.54) is 16.9 Å². The van der Waals surface area contributed by atoms with E-state index in [-0.39, 0.29) is 5.41 Å². The zero-order chi connectivity index (χ0) is 11.1. The Morgan fingerprint density at radius 2 is 1.93 bits per heavy atom. The highest BCUT2D eigenvalue weighted by molar-refractivity contribution is 5.69. The molecule has 15 heavy (non-hydrogen) atoms. The molecule has 0 fully saturated rings. The molecular formula is C14H19N. The monoisotopic (exact) mass is 201 g/mol. The first-order valence-corrected chi connectivity index (χ1v) is 5.63. The molecule has 0 N–H and O–H groups in total. The number of likely N-dealkylation sites (N-methyl/N-ethyl adjacent to an activating group) is 1. The fourth-order valence-corrected chi connectivity index (χ4v) is 2.57. The van der Waals surface area contributed by atoms with Gasteiger partial charge >= 0.3 is 0 Å². The van der Waals surface area contributed by atoms with Crippen molar-refractivity contribution < 1.29 is 0 Å². The Morgan fingerprint density at radius 1 is 1.27 bits per heavy atom. The lowest BCUT2D eigenvalue weighted by Gasteiger charge is -2.24. The fraction of sp³-hybridized carbons (Fsp3) is 0.429. The van der Waals surface area contributed by atoms with Crippen LogP contribution in [0.3, 0.4) is 0 Å². The Bertz CT molecular complexity index is 402. The van der Waals surface area contributed by atoms with Crippen molar-refractivity contribution in [2.45, 2.75) is 32.6 Å². The summed E-state index contributed by atoms with van der Waals surface area (Å²) in [5.74, 6) is 0. The third-order valence-corrected chi connectivity index (χ3v) is 3.34. The van der Waals surface area contributed by atoms with E-state index in [1.807, 2.05) is 0 Å². The van der Waals surface area contributed by atoms with Gasteiger partial charge in [0, 0.05) is 23.8 Å². The molecule has 0 bridgehead atoms. The molecule has 1 aromatic rings. The van der Waals surface area contributed by atoms with E-state index < -0.39 is 0 Å². The van der Waals surface area contributed by atoms with E-state index in [1.54, 1.807) is 0 Å². The molecular weight excluding hydrogens is 182 g/mol. The maximum absolute atomic E-state index is 2.33. The third-order valence-electron chi connectivity index (χ3n) is 3.34. The van der Waals surface area contributed by atoms with Crippen LogP contribution in [0.2, 0.25) is 0 Å². The SMILES string of the molecule is CCC=C1N(C)c2ccccc2C1(C)C. The average molecular weight is 201 g/mol. The third kappa shape index (κ3) is 1.38. The Labute approximate surface area is 92.4 Å². The van der Waals surface area contributed by atoms with E-state index in [0.717, 1.165) is 6.42 Å². The van der Waals surface area contributed by atoms with E-state index in [9.17, 15) is 0 Å². The van der Waals surface area contributed by atoms with Crippen LogP contribution >= 0.6 is 0 Å². The maximum Gasteiger partial charge on any atom is 0.0447 e. The van der Waals surface area contributed by atoms with Gasteiger partial charge in [-0.25, -0.2) is 0 Å². The molecule has 0 aliphatic carbocycles. The Hall–Kier alpha value is -1.24. The molecule has 0 unspecified atom stereocenters. The zero-order valence-electron chi connectivity index (χ0n) is 10.0. The Kier molecular flexibility index (Phi) is 2.34. The summed E-state index contributed by atoms with van der Waals surface area (Å²) in [4.78, 5) is 2.32. The second kappa shape index (κ2) is 3.41. The molecule has 1 heteroatoms. The second-order valence-corrected chi connectivity index (χ2v) is 4.70. The predicted octanol–water partition coefficient (Wildman–Crippen LogP) is 3.71. The summed E-state index contributed by atoms with van der Waals surface area (Å²) in [5, 5.41) is 0. The normalized spacial score (nSPS) is 20.8. The highest BCUT2D eigenvalue weighted by Crippen LogP contribution is 2.46. The van der Waals surface area contributed by atoms with Crippen LogP contribution in [0, 0.1) is 0 Å². The molecule has 0 saturated heterocycles. The largest absolute Gasteiger partial charge is 0.347 e. The molecule has 0 atom stereocenters. The molecule has 0 saturated carbocycles. The van der Waals surface area contributed by atoms with Crippen molar-refractivity contribution >= 4 is 5.69 Å². The van der Waals surface area contributed by atoms with E-state index in [2.05, 4.69) is 63.1 Å². The van der Waals surface area contributed by atoms with Crippen molar-refractivity contribution in [3.05, 3.63) is 41.6 Å². The molecule has 1 aliphatic rings. The van der Waals surface area contributed by atoms with Crippen LogP contribution in [-0.2, 0) is 5.41 Å². The first kappa shape index (κ1) is 10.3. The van der Waals surface area contributed by atoms with Gasteiger partial charge in [0.1, 0.15) is 0 Å². The molecule has 0 spiro atoms. The summed E-state index contributed by atoms with van der Waals surface area (Å²) in [5.41, 5.74) is 4.36. The first-order valence-electron chi connectivity index (χ1n) is 5.63. The van der Waals surface area contributed by atoms with Crippen LogP contribution in [0.5, 0.6) is 0 Å². The highest BCUT2D eigenvalue weighted by atomic mass is 15.2. The van der Waals surface area contributed by atoms with Crippen molar-refractivity contribution in [3.63, 3.8) is 0 Å². The van der Waals surface area contributed by atoms with Crippen LogP contribution in [0.15, 0.2) is 36.0 Å². The molecule has 80 valence electrons. The lowest BCUT2D eigenvalue weighted by atomic mass is 9.83. The molecule has 1 aromatic carbocycles. The topological polar surface area (TPSA) is 3.24 Å². The van der Waals surface area contributed by atoms with Crippen molar-refractivity contribution in [2.24, 2.45) is 0 Å². The quantitative estimate of drug-likeness (QED) is 0.669. The molecule has 0 aromatic heterocycles. The van der Waals surface area contributed by atoms with Crippen LogP contribution in [0.1, 0.15) is 32.8 Å². The minimum absolute atomic E-state index is 0.154. The van der Waals surface area contributed by atoms with Gasteiger partial charge < -0.3 is 4.90 Å². The zero-order valence-corrected chi connectivity index (χ0v) is 10.0. The summed E-state index contributed by atoms with van der Waals surface area (Å²) < 4.78 is 0. The van der Waals surface area contributed by atoms with Crippen molar-refractivity contribution in [3.8, 4) is 0 Å². The summed E-state index contributed by atoms with van der Waals surface area (Å²) in [6.07, 6.45) is 3.43. The van der Waals surface area contributed by atoms with Gasteiger partial charge in [-0.05, 0) is 18.1 Å². The van der Waals surface area contributed by atoms with Gasteiger partial charge in [0.25, 0.3) is 0 Å². The van der Waals surface area contributed by atoms with E-state index in [4.69, 9.17) is 0 Å². The average Bonchev–Trinajstić information content (AvgIpc) is 2.41. The summed E-state index contributed by atoms with van der Waals surface area (Å²) in [7, 11) is 2.16. The summed E-state index contributed by atoms with van der Waals surface area (Å²) in [6, 6.07) is 8.68. The van der Waals surface area contributed by atoms with Crippen LogP contribution in [0.4, 0.5) is 5.69 Å². The van der Waals surface area contributed by atoms with Crippen molar-refractivity contribution in [1.82, 2.24) is 0 Å². The molecule has 2 rings (SSSR count). The van der Waals surface area contributed by atoms with Gasteiger partial charge in [0.15, 0.2) is 0 Å². The first-order chi connectivity index (χ1) is 7.09. The number of rotatable bonds is 1.